The van der Waals surface area contributed by atoms with E-state index in [0.29, 0.717) is 0 Å². The number of aromatic nitrogens is 4. The summed E-state index contributed by atoms with van der Waals surface area (Å²) in [6.45, 7) is 7.54. The SMILES string of the molecule is Cc1cc(C)n(C(=O)[C@@H]2C3c4ccccc4C(c4ccccc43)[C@H]2C(=O)n2nc(C)cc2C)n1. The van der Waals surface area contributed by atoms with Gasteiger partial charge in [-0.15, -0.1) is 0 Å². The molecule has 0 radical (unpaired) electrons. The van der Waals surface area contributed by atoms with Gasteiger partial charge in [0.1, 0.15) is 0 Å². The monoisotopic (exact) mass is 450 g/mol. The third-order valence-corrected chi connectivity index (χ3v) is 7.44. The Hall–Kier alpha value is -3.80. The molecule has 6 nitrogen and oxygen atoms in total. The number of hydrogen-bond acceptors (Lipinski definition) is 4. The number of fused-ring (bicyclic) bond motifs is 1. The van der Waals surface area contributed by atoms with Crippen LogP contribution in [-0.2, 0) is 0 Å². The standard InChI is InChI=1S/C28H26N4O2/c1-15-13-17(3)31(29-15)27(33)25-23-19-9-5-7-11-21(19)24(22-12-8-6-10-20(22)23)26(25)28(34)32-18(4)14-16(2)30-32/h5-14,23-26H,1-4H3/t23?,24?,25-,26-/m1/s1. The lowest BCUT2D eigenvalue weighted by Crippen LogP contribution is -2.50. The van der Waals surface area contributed by atoms with Gasteiger partial charge < -0.3 is 0 Å². The van der Waals surface area contributed by atoms with Gasteiger partial charge in [-0.3, -0.25) is 9.59 Å². The van der Waals surface area contributed by atoms with Gasteiger partial charge in [0, 0.05) is 23.2 Å². The third kappa shape index (κ3) is 2.81. The molecule has 7 rings (SSSR count). The van der Waals surface area contributed by atoms with E-state index in [1.807, 2.05) is 64.1 Å². The predicted octanol–water partition coefficient (Wildman–Crippen LogP) is 4.82. The van der Waals surface area contributed by atoms with Crippen molar-refractivity contribution in [2.75, 3.05) is 0 Å². The van der Waals surface area contributed by atoms with E-state index < -0.39 is 11.8 Å². The minimum absolute atomic E-state index is 0.135. The highest BCUT2D eigenvalue weighted by atomic mass is 16.2. The van der Waals surface area contributed by atoms with Crippen LogP contribution in [0.2, 0.25) is 0 Å². The Balaban J connectivity index is 1.62. The Morgan fingerprint density at radius 1 is 0.618 bits per heavy atom. The van der Waals surface area contributed by atoms with Crippen LogP contribution in [-0.4, -0.2) is 31.4 Å². The number of hydrogen-bond donors (Lipinski definition) is 0. The highest BCUT2D eigenvalue weighted by Gasteiger charge is 2.56. The second kappa shape index (κ2) is 7.35. The Morgan fingerprint density at radius 3 is 1.21 bits per heavy atom. The predicted molar refractivity (Wildman–Crippen MR) is 128 cm³/mol. The summed E-state index contributed by atoms with van der Waals surface area (Å²) in [5.74, 6) is -1.87. The van der Waals surface area contributed by atoms with Gasteiger partial charge in [-0.05, 0) is 62.1 Å². The quantitative estimate of drug-likeness (QED) is 0.439. The van der Waals surface area contributed by atoms with Crippen LogP contribution in [0.15, 0.2) is 60.7 Å². The smallest absolute Gasteiger partial charge is 0.251 e. The number of benzene rings is 2. The molecule has 3 aliphatic carbocycles. The van der Waals surface area contributed by atoms with E-state index in [2.05, 4.69) is 34.5 Å². The lowest BCUT2D eigenvalue weighted by Gasteiger charge is -2.49. The van der Waals surface area contributed by atoms with E-state index in [4.69, 9.17) is 0 Å². The summed E-state index contributed by atoms with van der Waals surface area (Å²) in [6, 6.07) is 20.3. The average molecular weight is 451 g/mol. The zero-order chi connectivity index (χ0) is 23.7. The molecule has 0 saturated carbocycles. The summed E-state index contributed by atoms with van der Waals surface area (Å²) < 4.78 is 2.99. The Kier molecular flexibility index (Phi) is 4.49. The maximum Gasteiger partial charge on any atom is 0.251 e. The van der Waals surface area contributed by atoms with Gasteiger partial charge in [-0.2, -0.15) is 10.2 Å². The molecule has 0 saturated heterocycles. The first-order chi connectivity index (χ1) is 16.4. The number of carbonyl (C=O) groups is 2. The van der Waals surface area contributed by atoms with Gasteiger partial charge in [0.2, 0.25) is 0 Å². The molecular weight excluding hydrogens is 424 g/mol. The highest BCUT2D eigenvalue weighted by Crippen LogP contribution is 2.59. The normalized spacial score (nSPS) is 22.4. The Bertz CT molecular complexity index is 1320. The van der Waals surface area contributed by atoms with Crippen LogP contribution in [0.1, 0.15) is 66.5 Å². The third-order valence-electron chi connectivity index (χ3n) is 7.44. The van der Waals surface area contributed by atoms with Gasteiger partial charge in [-0.25, -0.2) is 9.36 Å². The van der Waals surface area contributed by atoms with Crippen molar-refractivity contribution in [2.24, 2.45) is 11.8 Å². The minimum atomic E-state index is -0.579. The van der Waals surface area contributed by atoms with Crippen LogP contribution in [0.25, 0.3) is 0 Å². The lowest BCUT2D eigenvalue weighted by molar-refractivity contribution is 0.0570. The molecule has 170 valence electrons. The van der Waals surface area contributed by atoms with Gasteiger partial charge in [0.25, 0.3) is 11.8 Å². The maximum atomic E-state index is 14.2. The first-order valence-electron chi connectivity index (χ1n) is 11.7. The number of carbonyl (C=O) groups excluding carboxylic acids is 2. The van der Waals surface area contributed by atoms with Crippen molar-refractivity contribution in [3.8, 4) is 0 Å². The van der Waals surface area contributed by atoms with Gasteiger partial charge >= 0.3 is 0 Å². The topological polar surface area (TPSA) is 69.8 Å². The van der Waals surface area contributed by atoms with Crippen LogP contribution in [0.4, 0.5) is 0 Å². The fourth-order valence-corrected chi connectivity index (χ4v) is 6.26. The van der Waals surface area contributed by atoms with Crippen molar-refractivity contribution in [1.29, 1.82) is 0 Å². The van der Waals surface area contributed by atoms with Gasteiger partial charge in [0.15, 0.2) is 0 Å². The highest BCUT2D eigenvalue weighted by molar-refractivity contribution is 5.94. The molecule has 4 aromatic rings. The molecule has 0 unspecified atom stereocenters. The van der Waals surface area contributed by atoms with E-state index >= 15 is 0 Å². The molecule has 2 heterocycles. The van der Waals surface area contributed by atoms with Crippen LogP contribution < -0.4 is 0 Å². The van der Waals surface area contributed by atoms with Crippen molar-refractivity contribution < 1.29 is 9.59 Å². The largest absolute Gasteiger partial charge is 0.272 e. The van der Waals surface area contributed by atoms with Crippen molar-refractivity contribution in [3.63, 3.8) is 0 Å². The second-order valence-electron chi connectivity index (χ2n) is 9.62. The zero-order valence-electron chi connectivity index (χ0n) is 19.7. The van der Waals surface area contributed by atoms with Crippen LogP contribution >= 0.6 is 0 Å². The van der Waals surface area contributed by atoms with Crippen LogP contribution in [0.5, 0.6) is 0 Å². The molecule has 0 N–H and O–H groups in total. The number of aryl methyl sites for hydroxylation is 4. The fraction of sp³-hybridized carbons (Fsp3) is 0.286. The molecule has 0 aliphatic heterocycles. The molecular formula is C28H26N4O2. The molecule has 6 heteroatoms. The number of nitrogens with zero attached hydrogens (tertiary/aromatic N) is 4. The van der Waals surface area contributed by atoms with E-state index in [1.54, 1.807) is 0 Å². The summed E-state index contributed by atoms with van der Waals surface area (Å²) in [5.41, 5.74) is 7.65. The van der Waals surface area contributed by atoms with Gasteiger partial charge in [0.05, 0.1) is 23.2 Å². The Morgan fingerprint density at radius 2 is 0.941 bits per heavy atom. The molecule has 0 amide bonds. The summed E-state index contributed by atoms with van der Waals surface area (Å²) >= 11 is 0. The average Bonchev–Trinajstić information content (AvgIpc) is 3.36. The summed E-state index contributed by atoms with van der Waals surface area (Å²) in [4.78, 5) is 28.4. The molecule has 0 fully saturated rings. The molecule has 2 aromatic heterocycles. The van der Waals surface area contributed by atoms with Crippen molar-refractivity contribution in [2.45, 2.75) is 39.5 Å². The lowest BCUT2D eigenvalue weighted by atomic mass is 9.53. The van der Waals surface area contributed by atoms with E-state index in [1.165, 1.54) is 9.36 Å². The van der Waals surface area contributed by atoms with Gasteiger partial charge in [-0.1, -0.05) is 48.5 Å². The summed E-state index contributed by atoms with van der Waals surface area (Å²) in [6.07, 6.45) is 0. The molecule has 34 heavy (non-hydrogen) atoms. The van der Waals surface area contributed by atoms with E-state index in [0.717, 1.165) is 45.0 Å². The van der Waals surface area contributed by atoms with Crippen molar-refractivity contribution >= 4 is 11.8 Å². The van der Waals surface area contributed by atoms with Crippen molar-refractivity contribution in [1.82, 2.24) is 19.6 Å². The summed E-state index contributed by atoms with van der Waals surface area (Å²) in [5, 5.41) is 9.00. The summed E-state index contributed by atoms with van der Waals surface area (Å²) in [7, 11) is 0. The Labute approximate surface area is 198 Å². The first-order valence-corrected chi connectivity index (χ1v) is 11.7. The van der Waals surface area contributed by atoms with Crippen LogP contribution in [0.3, 0.4) is 0 Å². The number of rotatable bonds is 2. The molecule has 2 atom stereocenters. The van der Waals surface area contributed by atoms with E-state index in [-0.39, 0.29) is 23.7 Å². The minimum Gasteiger partial charge on any atom is -0.272 e. The van der Waals surface area contributed by atoms with Crippen LogP contribution in [0, 0.1) is 39.5 Å². The molecule has 0 spiro atoms. The zero-order valence-corrected chi connectivity index (χ0v) is 19.7. The molecule has 2 aromatic carbocycles. The fourth-order valence-electron chi connectivity index (χ4n) is 6.26. The second-order valence-corrected chi connectivity index (χ2v) is 9.62. The van der Waals surface area contributed by atoms with E-state index in [9.17, 15) is 9.59 Å². The molecule has 2 bridgehead atoms. The maximum absolute atomic E-state index is 14.2. The van der Waals surface area contributed by atoms with Crippen molar-refractivity contribution in [3.05, 3.63) is 106 Å². The molecule has 3 aliphatic rings. The first kappa shape index (κ1) is 20.8.